The number of amides is 2. The first-order chi connectivity index (χ1) is 12.0. The number of benzene rings is 1. The van der Waals surface area contributed by atoms with Crippen molar-refractivity contribution in [1.82, 2.24) is 10.2 Å². The molecule has 2 aliphatic heterocycles. The fraction of sp³-hybridized carbons (Fsp3) is 0.600. The van der Waals surface area contributed by atoms with Crippen molar-refractivity contribution in [3.63, 3.8) is 0 Å². The van der Waals surface area contributed by atoms with Gasteiger partial charge in [-0.1, -0.05) is 13.8 Å². The van der Waals surface area contributed by atoms with Crippen LogP contribution >= 0.6 is 0 Å². The predicted molar refractivity (Wildman–Crippen MR) is 97.7 cm³/mol. The quantitative estimate of drug-likeness (QED) is 0.885. The molecular weight excluding hydrogens is 314 g/mol. The van der Waals surface area contributed by atoms with E-state index in [2.05, 4.69) is 29.4 Å². The van der Waals surface area contributed by atoms with Gasteiger partial charge < -0.3 is 15.5 Å². The maximum atomic E-state index is 12.8. The third-order valence-corrected chi connectivity index (χ3v) is 5.73. The minimum Gasteiger partial charge on any atom is -0.349 e. The molecule has 1 aromatic rings. The van der Waals surface area contributed by atoms with E-state index in [1.165, 1.54) is 0 Å². The van der Waals surface area contributed by atoms with Gasteiger partial charge in [0.25, 0.3) is 5.91 Å². The molecule has 134 valence electrons. The number of carbonyl (C=O) groups is 2. The lowest BCUT2D eigenvalue weighted by molar-refractivity contribution is -0.122. The van der Waals surface area contributed by atoms with Crippen LogP contribution in [0.2, 0.25) is 0 Å². The molecule has 2 heterocycles. The van der Waals surface area contributed by atoms with Gasteiger partial charge in [0.05, 0.1) is 5.41 Å². The molecule has 1 aliphatic carbocycles. The molecule has 2 amide bonds. The largest absolute Gasteiger partial charge is 0.349 e. The number of rotatable bonds is 4. The summed E-state index contributed by atoms with van der Waals surface area (Å²) in [6.45, 7) is 7.40. The molecule has 2 N–H and O–H groups in total. The summed E-state index contributed by atoms with van der Waals surface area (Å²) in [4.78, 5) is 27.6. The first kappa shape index (κ1) is 16.6. The van der Waals surface area contributed by atoms with Gasteiger partial charge in [0.2, 0.25) is 5.91 Å². The van der Waals surface area contributed by atoms with Crippen LogP contribution in [0.25, 0.3) is 0 Å². The zero-order valence-electron chi connectivity index (χ0n) is 15.1. The van der Waals surface area contributed by atoms with E-state index in [4.69, 9.17) is 0 Å². The van der Waals surface area contributed by atoms with Crippen LogP contribution < -0.4 is 10.6 Å². The topological polar surface area (TPSA) is 61.4 Å². The van der Waals surface area contributed by atoms with E-state index in [1.54, 1.807) is 0 Å². The predicted octanol–water partition coefficient (Wildman–Crippen LogP) is 2.52. The maximum absolute atomic E-state index is 12.8. The number of hydrogen-bond donors (Lipinski definition) is 2. The molecule has 0 atom stereocenters. The van der Waals surface area contributed by atoms with Crippen molar-refractivity contribution in [2.24, 2.45) is 5.92 Å². The SMILES string of the molecule is CC(C)CN1CCC2(CC1)C(=O)Nc1ccc(C(=O)NC3CC3)cc12. The Balaban J connectivity index is 1.57. The van der Waals surface area contributed by atoms with Crippen molar-refractivity contribution in [3.8, 4) is 0 Å². The molecule has 0 radical (unpaired) electrons. The third-order valence-electron chi connectivity index (χ3n) is 5.73. The Morgan fingerprint density at radius 3 is 2.68 bits per heavy atom. The van der Waals surface area contributed by atoms with Crippen molar-refractivity contribution in [3.05, 3.63) is 29.3 Å². The van der Waals surface area contributed by atoms with Crippen LogP contribution in [0.5, 0.6) is 0 Å². The smallest absolute Gasteiger partial charge is 0.251 e. The van der Waals surface area contributed by atoms with Gasteiger partial charge in [-0.3, -0.25) is 9.59 Å². The van der Waals surface area contributed by atoms with Gasteiger partial charge in [-0.05, 0) is 68.5 Å². The molecule has 5 heteroatoms. The highest BCUT2D eigenvalue weighted by molar-refractivity contribution is 6.07. The number of nitrogens with zero attached hydrogens (tertiary/aromatic N) is 1. The number of anilines is 1. The summed E-state index contributed by atoms with van der Waals surface area (Å²) in [6.07, 6.45) is 3.80. The minimum atomic E-state index is -0.460. The summed E-state index contributed by atoms with van der Waals surface area (Å²) in [5.41, 5.74) is 2.11. The van der Waals surface area contributed by atoms with E-state index in [0.29, 0.717) is 17.5 Å². The first-order valence-electron chi connectivity index (χ1n) is 9.47. The van der Waals surface area contributed by atoms with Gasteiger partial charge >= 0.3 is 0 Å². The summed E-state index contributed by atoms with van der Waals surface area (Å²) in [6, 6.07) is 6.01. The Morgan fingerprint density at radius 2 is 2.04 bits per heavy atom. The highest BCUT2D eigenvalue weighted by Gasteiger charge is 2.48. The van der Waals surface area contributed by atoms with Gasteiger partial charge in [-0.2, -0.15) is 0 Å². The molecule has 4 rings (SSSR count). The standard InChI is InChI=1S/C20H27N3O2/c1-13(2)12-23-9-7-20(8-10-23)16-11-14(18(24)21-15-4-5-15)3-6-17(16)22-19(20)25/h3,6,11,13,15H,4-5,7-10,12H2,1-2H3,(H,21,24)(H,22,25). The molecular formula is C20H27N3O2. The molecule has 1 aromatic carbocycles. The number of piperidine rings is 1. The minimum absolute atomic E-state index is 0.0166. The van der Waals surface area contributed by atoms with E-state index in [1.807, 2.05) is 18.2 Å². The van der Waals surface area contributed by atoms with E-state index in [-0.39, 0.29) is 11.8 Å². The molecule has 2 fully saturated rings. The number of carbonyl (C=O) groups excluding carboxylic acids is 2. The molecule has 25 heavy (non-hydrogen) atoms. The summed E-state index contributed by atoms with van der Waals surface area (Å²) in [5, 5.41) is 6.08. The monoisotopic (exact) mass is 341 g/mol. The van der Waals surface area contributed by atoms with Gasteiger partial charge in [-0.15, -0.1) is 0 Å². The maximum Gasteiger partial charge on any atom is 0.251 e. The van der Waals surface area contributed by atoms with Crippen LogP contribution in [0.3, 0.4) is 0 Å². The number of likely N-dealkylation sites (tertiary alicyclic amines) is 1. The molecule has 1 saturated carbocycles. The van der Waals surface area contributed by atoms with Crippen LogP contribution in [0.15, 0.2) is 18.2 Å². The van der Waals surface area contributed by atoms with Crippen LogP contribution in [0.4, 0.5) is 5.69 Å². The average molecular weight is 341 g/mol. The molecule has 5 nitrogen and oxygen atoms in total. The van der Waals surface area contributed by atoms with Crippen LogP contribution in [0.1, 0.15) is 55.5 Å². The van der Waals surface area contributed by atoms with Gasteiger partial charge in [0.1, 0.15) is 0 Å². The summed E-state index contributed by atoms with van der Waals surface area (Å²) in [5.74, 6) is 0.722. The summed E-state index contributed by atoms with van der Waals surface area (Å²) in [7, 11) is 0. The highest BCUT2D eigenvalue weighted by atomic mass is 16.2. The van der Waals surface area contributed by atoms with E-state index >= 15 is 0 Å². The van der Waals surface area contributed by atoms with Crippen LogP contribution in [-0.2, 0) is 10.2 Å². The lowest BCUT2D eigenvalue weighted by Gasteiger charge is -2.38. The van der Waals surface area contributed by atoms with Crippen LogP contribution in [-0.4, -0.2) is 42.4 Å². The van der Waals surface area contributed by atoms with Crippen molar-refractivity contribution < 1.29 is 9.59 Å². The molecule has 1 spiro atoms. The molecule has 3 aliphatic rings. The lowest BCUT2D eigenvalue weighted by atomic mass is 9.73. The third kappa shape index (κ3) is 3.06. The molecule has 0 unspecified atom stereocenters. The summed E-state index contributed by atoms with van der Waals surface area (Å²) >= 11 is 0. The average Bonchev–Trinajstić information content (AvgIpc) is 3.35. The number of fused-ring (bicyclic) bond motifs is 2. The fourth-order valence-corrected chi connectivity index (χ4v) is 4.18. The van der Waals surface area contributed by atoms with Crippen molar-refractivity contribution in [1.29, 1.82) is 0 Å². The van der Waals surface area contributed by atoms with Gasteiger partial charge in [0, 0.05) is 23.8 Å². The molecule has 0 bridgehead atoms. The second-order valence-electron chi connectivity index (χ2n) is 8.24. The zero-order chi connectivity index (χ0) is 17.6. The van der Waals surface area contributed by atoms with E-state index < -0.39 is 5.41 Å². The Hall–Kier alpha value is -1.88. The van der Waals surface area contributed by atoms with E-state index in [9.17, 15) is 9.59 Å². The van der Waals surface area contributed by atoms with Crippen LogP contribution in [0, 0.1) is 5.92 Å². The fourth-order valence-electron chi connectivity index (χ4n) is 4.18. The normalized spacial score (nSPS) is 22.1. The lowest BCUT2D eigenvalue weighted by Crippen LogP contribution is -2.47. The van der Waals surface area contributed by atoms with Gasteiger partial charge in [0.15, 0.2) is 0 Å². The molecule has 1 saturated heterocycles. The highest BCUT2D eigenvalue weighted by Crippen LogP contribution is 2.45. The Kier molecular flexibility index (Phi) is 4.07. The van der Waals surface area contributed by atoms with Gasteiger partial charge in [-0.25, -0.2) is 0 Å². The van der Waals surface area contributed by atoms with Crippen molar-refractivity contribution in [2.45, 2.75) is 51.0 Å². The first-order valence-corrected chi connectivity index (χ1v) is 9.47. The Bertz CT molecular complexity index is 701. The second kappa shape index (κ2) is 6.13. The Labute approximate surface area is 149 Å². The number of nitrogens with one attached hydrogen (secondary N) is 2. The number of hydrogen-bond acceptors (Lipinski definition) is 3. The Morgan fingerprint density at radius 1 is 1.32 bits per heavy atom. The van der Waals surface area contributed by atoms with Crippen molar-refractivity contribution in [2.75, 3.05) is 25.0 Å². The molecule has 0 aromatic heterocycles. The zero-order valence-corrected chi connectivity index (χ0v) is 15.1. The second-order valence-corrected chi connectivity index (χ2v) is 8.24. The summed E-state index contributed by atoms with van der Waals surface area (Å²) < 4.78 is 0. The van der Waals surface area contributed by atoms with Crippen molar-refractivity contribution >= 4 is 17.5 Å². The van der Waals surface area contributed by atoms with E-state index in [0.717, 1.165) is 56.6 Å².